The van der Waals surface area contributed by atoms with Crippen LogP contribution in [0.1, 0.15) is 0 Å². The summed E-state index contributed by atoms with van der Waals surface area (Å²) in [4.78, 5) is 0. The molecule has 2 aromatic rings. The van der Waals surface area contributed by atoms with E-state index in [2.05, 4.69) is 0 Å². The van der Waals surface area contributed by atoms with Gasteiger partial charge in [-0.3, -0.25) is 0 Å². The summed E-state index contributed by atoms with van der Waals surface area (Å²) in [5, 5.41) is 18.7. The molecule has 0 spiro atoms. The van der Waals surface area contributed by atoms with Crippen LogP contribution in [0, 0.1) is 0 Å². The second kappa shape index (κ2) is 5.42. The standard InChI is InChI=1S/C12H10O2Se2/c13-9-3-1-5-11(7-9)15-16-12-6-2-4-10(14)8-12/h1-8,13-14H. The van der Waals surface area contributed by atoms with E-state index < -0.39 is 0 Å². The van der Waals surface area contributed by atoms with Crippen molar-refractivity contribution in [2.24, 2.45) is 0 Å². The average molecular weight is 344 g/mol. The van der Waals surface area contributed by atoms with E-state index >= 15 is 0 Å². The molecule has 2 nitrogen and oxygen atoms in total. The van der Waals surface area contributed by atoms with Crippen LogP contribution in [0.15, 0.2) is 48.5 Å². The first kappa shape index (κ1) is 11.6. The molecule has 0 heterocycles. The van der Waals surface area contributed by atoms with Crippen molar-refractivity contribution in [3.05, 3.63) is 48.5 Å². The van der Waals surface area contributed by atoms with Gasteiger partial charge < -0.3 is 0 Å². The number of hydrogen-bond donors (Lipinski definition) is 2. The zero-order chi connectivity index (χ0) is 11.4. The molecule has 2 N–H and O–H groups in total. The molecule has 0 saturated carbocycles. The van der Waals surface area contributed by atoms with Crippen molar-refractivity contribution in [3.8, 4) is 11.5 Å². The van der Waals surface area contributed by atoms with Crippen molar-refractivity contribution in [3.63, 3.8) is 0 Å². The Morgan fingerprint density at radius 2 is 1.12 bits per heavy atom. The van der Waals surface area contributed by atoms with E-state index in [1.165, 1.54) is 8.92 Å². The maximum absolute atomic E-state index is 9.33. The van der Waals surface area contributed by atoms with Gasteiger partial charge in [-0.1, -0.05) is 0 Å². The number of benzene rings is 2. The van der Waals surface area contributed by atoms with Gasteiger partial charge in [-0.2, -0.15) is 0 Å². The Kier molecular flexibility index (Phi) is 3.92. The maximum atomic E-state index is 9.33. The molecule has 0 unspecified atom stereocenters. The van der Waals surface area contributed by atoms with Gasteiger partial charge >= 0.3 is 105 Å². The Hall–Kier alpha value is -0.921. The molecule has 4 heteroatoms. The van der Waals surface area contributed by atoms with Gasteiger partial charge in [0, 0.05) is 0 Å². The van der Waals surface area contributed by atoms with E-state index in [1.807, 2.05) is 36.4 Å². The molecule has 0 aliphatic heterocycles. The van der Waals surface area contributed by atoms with Crippen LogP contribution in [0.2, 0.25) is 0 Å². The zero-order valence-electron chi connectivity index (χ0n) is 8.33. The number of hydrogen-bond acceptors (Lipinski definition) is 2. The summed E-state index contributed by atoms with van der Waals surface area (Å²) in [7, 11) is 0. The Balaban J connectivity index is 2.02. The monoisotopic (exact) mass is 346 g/mol. The van der Waals surface area contributed by atoms with Crippen molar-refractivity contribution in [2.75, 3.05) is 0 Å². The fourth-order valence-corrected chi connectivity index (χ4v) is 7.20. The molecule has 0 atom stereocenters. The predicted octanol–water partition coefficient (Wildman–Crippen LogP) is 0.372. The van der Waals surface area contributed by atoms with Crippen molar-refractivity contribution in [1.29, 1.82) is 0 Å². The molecular formula is C12H10O2Se2. The quantitative estimate of drug-likeness (QED) is 0.791. The van der Waals surface area contributed by atoms with Gasteiger partial charge in [0.2, 0.25) is 0 Å². The average Bonchev–Trinajstić information content (AvgIpc) is 2.27. The molecule has 0 aliphatic carbocycles. The van der Waals surface area contributed by atoms with Crippen LogP contribution in [0.25, 0.3) is 0 Å². The Morgan fingerprint density at radius 3 is 1.50 bits per heavy atom. The summed E-state index contributed by atoms with van der Waals surface area (Å²) < 4.78 is 2.38. The summed E-state index contributed by atoms with van der Waals surface area (Å²) in [6.45, 7) is 0. The Morgan fingerprint density at radius 1 is 0.688 bits per heavy atom. The second-order valence-corrected chi connectivity index (χ2v) is 9.47. The van der Waals surface area contributed by atoms with E-state index in [4.69, 9.17) is 0 Å². The summed E-state index contributed by atoms with van der Waals surface area (Å²) in [6.07, 6.45) is 0. The fourth-order valence-electron chi connectivity index (χ4n) is 1.17. The van der Waals surface area contributed by atoms with Gasteiger partial charge in [-0.25, -0.2) is 0 Å². The van der Waals surface area contributed by atoms with Crippen molar-refractivity contribution in [2.45, 2.75) is 0 Å². The van der Waals surface area contributed by atoms with Crippen molar-refractivity contribution < 1.29 is 10.2 Å². The fraction of sp³-hybridized carbons (Fsp3) is 0. The molecule has 0 amide bonds. The van der Waals surface area contributed by atoms with Gasteiger partial charge in [0.15, 0.2) is 0 Å². The molecule has 2 aromatic carbocycles. The molecular weight excluding hydrogens is 334 g/mol. The van der Waals surface area contributed by atoms with Gasteiger partial charge in [0.05, 0.1) is 0 Å². The van der Waals surface area contributed by atoms with Crippen molar-refractivity contribution in [1.82, 2.24) is 0 Å². The summed E-state index contributed by atoms with van der Waals surface area (Å²) >= 11 is 0.694. The first-order valence-electron chi connectivity index (χ1n) is 4.66. The minimum absolute atomic E-state index is 0.325. The third-order valence-corrected chi connectivity index (χ3v) is 9.02. The predicted molar refractivity (Wildman–Crippen MR) is 67.0 cm³/mol. The van der Waals surface area contributed by atoms with Crippen LogP contribution in [0.4, 0.5) is 0 Å². The van der Waals surface area contributed by atoms with Crippen LogP contribution >= 0.6 is 0 Å². The zero-order valence-corrected chi connectivity index (χ0v) is 11.8. The van der Waals surface area contributed by atoms with Gasteiger partial charge in [-0.05, 0) is 0 Å². The van der Waals surface area contributed by atoms with E-state index in [0.717, 1.165) is 0 Å². The van der Waals surface area contributed by atoms with E-state index in [0.29, 0.717) is 37.8 Å². The third kappa shape index (κ3) is 3.29. The molecule has 16 heavy (non-hydrogen) atoms. The van der Waals surface area contributed by atoms with Crippen molar-refractivity contribution >= 4 is 35.2 Å². The van der Waals surface area contributed by atoms with E-state index in [-0.39, 0.29) is 0 Å². The van der Waals surface area contributed by atoms with E-state index in [9.17, 15) is 10.2 Å². The van der Waals surface area contributed by atoms with Gasteiger partial charge in [0.25, 0.3) is 0 Å². The first-order chi connectivity index (χ1) is 7.74. The summed E-state index contributed by atoms with van der Waals surface area (Å²) in [6, 6.07) is 14.8. The molecule has 0 saturated heterocycles. The van der Waals surface area contributed by atoms with Crippen LogP contribution < -0.4 is 8.92 Å². The Labute approximate surface area is 105 Å². The molecule has 2 rings (SSSR count). The summed E-state index contributed by atoms with van der Waals surface area (Å²) in [5.41, 5.74) is 0. The molecule has 0 fully saturated rings. The van der Waals surface area contributed by atoms with Crippen LogP contribution in [0.5, 0.6) is 11.5 Å². The topological polar surface area (TPSA) is 40.5 Å². The number of rotatable bonds is 3. The van der Waals surface area contributed by atoms with Crippen LogP contribution in [0.3, 0.4) is 0 Å². The first-order valence-corrected chi connectivity index (χ1v) is 10.7. The van der Waals surface area contributed by atoms with E-state index in [1.54, 1.807) is 12.1 Å². The number of phenols is 2. The van der Waals surface area contributed by atoms with Gasteiger partial charge in [-0.15, -0.1) is 0 Å². The molecule has 82 valence electrons. The number of phenolic OH excluding ortho intramolecular Hbond substituents is 2. The minimum atomic E-state index is 0.325. The second-order valence-electron chi connectivity index (χ2n) is 3.16. The Bertz CT molecular complexity index is 440. The number of aromatic hydroxyl groups is 2. The molecule has 0 bridgehead atoms. The molecule has 0 aromatic heterocycles. The third-order valence-electron chi connectivity index (χ3n) is 1.87. The van der Waals surface area contributed by atoms with Crippen LogP contribution in [-0.4, -0.2) is 36.5 Å². The SMILES string of the molecule is Oc1cccc([Se][Se]c2cccc(O)c2)c1. The molecule has 0 aliphatic rings. The van der Waals surface area contributed by atoms with Gasteiger partial charge in [0.1, 0.15) is 0 Å². The normalized spacial score (nSPS) is 10.2. The molecule has 0 radical (unpaired) electrons. The summed E-state index contributed by atoms with van der Waals surface area (Å²) in [5.74, 6) is 0.650. The van der Waals surface area contributed by atoms with Crippen LogP contribution in [-0.2, 0) is 0 Å².